The Balaban J connectivity index is 1.94. The molecule has 0 aliphatic rings. The van der Waals surface area contributed by atoms with Crippen molar-refractivity contribution in [3.8, 4) is 0 Å². The minimum atomic E-state index is -0.0246. The molecular weight excluding hydrogens is 356 g/mol. The van der Waals surface area contributed by atoms with Gasteiger partial charge in [0, 0.05) is 17.3 Å². The quantitative estimate of drug-likeness (QED) is 0.189. The Labute approximate surface area is 176 Å². The van der Waals surface area contributed by atoms with Gasteiger partial charge >= 0.3 is 0 Å². The van der Waals surface area contributed by atoms with Crippen molar-refractivity contribution in [2.45, 2.75) is 71.3 Å². The number of hydrogen-bond acceptors (Lipinski definition) is 2. The summed E-state index contributed by atoms with van der Waals surface area (Å²) in [5.41, 5.74) is 9.07. The summed E-state index contributed by atoms with van der Waals surface area (Å²) in [7, 11) is 0. The van der Waals surface area contributed by atoms with E-state index in [4.69, 9.17) is 5.73 Å². The first kappa shape index (κ1) is 22.7. The van der Waals surface area contributed by atoms with Crippen LogP contribution in [0, 0.1) is 0 Å². The van der Waals surface area contributed by atoms with Gasteiger partial charge in [-0.1, -0.05) is 94.3 Å². The van der Waals surface area contributed by atoms with Gasteiger partial charge in [-0.25, -0.2) is 0 Å². The molecule has 0 radical (unpaired) electrons. The van der Waals surface area contributed by atoms with Gasteiger partial charge in [0.05, 0.1) is 0 Å². The average molecular weight is 393 g/mol. The van der Waals surface area contributed by atoms with E-state index in [2.05, 4.69) is 19.2 Å². The topological polar surface area (TPSA) is 55.1 Å². The molecule has 1 atom stereocenters. The van der Waals surface area contributed by atoms with Crippen LogP contribution in [0.15, 0.2) is 54.6 Å². The zero-order chi connectivity index (χ0) is 20.9. The lowest BCUT2D eigenvalue weighted by Crippen LogP contribution is -2.33. The number of rotatable bonds is 12. The van der Waals surface area contributed by atoms with E-state index in [1.165, 1.54) is 38.5 Å². The number of unbranched alkanes of at least 4 members (excludes halogenated alkanes) is 6. The maximum absolute atomic E-state index is 13.0. The average Bonchev–Trinajstić information content (AvgIpc) is 2.73. The summed E-state index contributed by atoms with van der Waals surface area (Å²) in [5, 5.41) is 3.19. The van der Waals surface area contributed by atoms with Crippen molar-refractivity contribution < 1.29 is 4.79 Å². The third-order valence-corrected chi connectivity index (χ3v) is 5.20. The SMILES string of the molecule is CCCCCCCCCC(C)NC(=O)C(=Cc1ccc(N)cc1)c1ccccc1. The van der Waals surface area contributed by atoms with Crippen molar-refractivity contribution >= 4 is 23.2 Å². The smallest absolute Gasteiger partial charge is 0.252 e. The van der Waals surface area contributed by atoms with Crippen LogP contribution in [0.4, 0.5) is 5.69 Å². The van der Waals surface area contributed by atoms with Crippen molar-refractivity contribution in [2.24, 2.45) is 0 Å². The fourth-order valence-electron chi connectivity index (χ4n) is 3.44. The van der Waals surface area contributed by atoms with E-state index in [1.807, 2.05) is 60.7 Å². The summed E-state index contributed by atoms with van der Waals surface area (Å²) in [5.74, 6) is -0.0246. The zero-order valence-corrected chi connectivity index (χ0v) is 18.0. The summed E-state index contributed by atoms with van der Waals surface area (Å²) < 4.78 is 0. The number of carbonyl (C=O) groups is 1. The van der Waals surface area contributed by atoms with Crippen molar-refractivity contribution in [1.29, 1.82) is 0 Å². The molecule has 0 saturated carbocycles. The van der Waals surface area contributed by atoms with Crippen LogP contribution >= 0.6 is 0 Å². The molecule has 29 heavy (non-hydrogen) atoms. The summed E-state index contributed by atoms with van der Waals surface area (Å²) in [4.78, 5) is 13.0. The molecule has 0 fully saturated rings. The van der Waals surface area contributed by atoms with E-state index in [-0.39, 0.29) is 11.9 Å². The lowest BCUT2D eigenvalue weighted by molar-refractivity contribution is -0.116. The molecule has 0 saturated heterocycles. The second kappa shape index (κ2) is 12.8. The molecule has 3 heteroatoms. The Morgan fingerprint density at radius 3 is 2.21 bits per heavy atom. The van der Waals surface area contributed by atoms with Gasteiger partial charge in [0.2, 0.25) is 0 Å². The second-order valence-corrected chi connectivity index (χ2v) is 7.88. The van der Waals surface area contributed by atoms with Crippen molar-refractivity contribution in [3.05, 3.63) is 65.7 Å². The van der Waals surface area contributed by atoms with Crippen LogP contribution in [0.2, 0.25) is 0 Å². The van der Waals surface area contributed by atoms with E-state index in [1.54, 1.807) is 0 Å². The Morgan fingerprint density at radius 2 is 1.55 bits per heavy atom. The van der Waals surface area contributed by atoms with E-state index in [0.717, 1.165) is 29.7 Å². The van der Waals surface area contributed by atoms with Gasteiger partial charge in [0.1, 0.15) is 0 Å². The third-order valence-electron chi connectivity index (χ3n) is 5.20. The fourth-order valence-corrected chi connectivity index (χ4v) is 3.44. The molecule has 3 N–H and O–H groups in total. The first-order valence-corrected chi connectivity index (χ1v) is 11.0. The Kier molecular flexibility index (Phi) is 10.1. The van der Waals surface area contributed by atoms with Gasteiger partial charge in [-0.2, -0.15) is 0 Å². The molecule has 2 aromatic carbocycles. The fraction of sp³-hybridized carbons (Fsp3) is 0.423. The number of hydrogen-bond donors (Lipinski definition) is 2. The molecule has 0 aromatic heterocycles. The number of anilines is 1. The van der Waals surface area contributed by atoms with E-state index in [9.17, 15) is 4.79 Å². The van der Waals surface area contributed by atoms with Gasteiger partial charge < -0.3 is 11.1 Å². The van der Waals surface area contributed by atoms with Crippen LogP contribution in [-0.4, -0.2) is 11.9 Å². The molecule has 0 heterocycles. The summed E-state index contributed by atoms with van der Waals surface area (Å²) in [6, 6.07) is 17.6. The molecule has 0 bridgehead atoms. The highest BCUT2D eigenvalue weighted by Crippen LogP contribution is 2.20. The first-order chi connectivity index (χ1) is 14.1. The van der Waals surface area contributed by atoms with Gasteiger partial charge in [-0.05, 0) is 42.7 Å². The third kappa shape index (κ3) is 8.55. The molecule has 1 unspecified atom stereocenters. The first-order valence-electron chi connectivity index (χ1n) is 11.0. The Bertz CT molecular complexity index is 750. The lowest BCUT2D eigenvalue weighted by atomic mass is 10.0. The maximum atomic E-state index is 13.0. The van der Waals surface area contributed by atoms with E-state index < -0.39 is 0 Å². The van der Waals surface area contributed by atoms with Crippen LogP contribution in [-0.2, 0) is 4.79 Å². The highest BCUT2D eigenvalue weighted by atomic mass is 16.1. The normalized spacial score (nSPS) is 12.6. The summed E-state index contributed by atoms with van der Waals surface area (Å²) in [6.07, 6.45) is 12.0. The molecule has 2 aromatic rings. The number of benzene rings is 2. The zero-order valence-electron chi connectivity index (χ0n) is 18.0. The minimum absolute atomic E-state index is 0.0246. The maximum Gasteiger partial charge on any atom is 0.252 e. The standard InChI is InChI=1S/C26H36N2O/c1-3-4-5-6-7-8-10-13-21(2)28-26(29)25(23-14-11-9-12-15-23)20-22-16-18-24(27)19-17-22/h9,11-12,14-21H,3-8,10,13,27H2,1-2H3,(H,28,29). The number of nitrogen functional groups attached to an aromatic ring is 1. The highest BCUT2D eigenvalue weighted by Gasteiger charge is 2.14. The van der Waals surface area contributed by atoms with Gasteiger partial charge in [-0.3, -0.25) is 4.79 Å². The largest absolute Gasteiger partial charge is 0.399 e. The molecule has 0 aliphatic heterocycles. The highest BCUT2D eigenvalue weighted by molar-refractivity contribution is 6.24. The molecule has 0 spiro atoms. The van der Waals surface area contributed by atoms with Crippen LogP contribution in [0.3, 0.4) is 0 Å². The van der Waals surface area contributed by atoms with Crippen LogP contribution in [0.25, 0.3) is 11.6 Å². The number of nitrogens with two attached hydrogens (primary N) is 1. The molecule has 156 valence electrons. The molecule has 2 rings (SSSR count). The second-order valence-electron chi connectivity index (χ2n) is 7.88. The Morgan fingerprint density at radius 1 is 0.931 bits per heavy atom. The minimum Gasteiger partial charge on any atom is -0.399 e. The van der Waals surface area contributed by atoms with E-state index >= 15 is 0 Å². The lowest BCUT2D eigenvalue weighted by Gasteiger charge is -2.16. The van der Waals surface area contributed by atoms with Crippen molar-refractivity contribution in [1.82, 2.24) is 5.32 Å². The number of amides is 1. The Hall–Kier alpha value is -2.55. The van der Waals surface area contributed by atoms with Crippen LogP contribution < -0.4 is 11.1 Å². The van der Waals surface area contributed by atoms with Gasteiger partial charge in [-0.15, -0.1) is 0 Å². The summed E-state index contributed by atoms with van der Waals surface area (Å²) >= 11 is 0. The van der Waals surface area contributed by atoms with Crippen molar-refractivity contribution in [2.75, 3.05) is 5.73 Å². The van der Waals surface area contributed by atoms with Gasteiger partial charge in [0.15, 0.2) is 0 Å². The van der Waals surface area contributed by atoms with Gasteiger partial charge in [0.25, 0.3) is 5.91 Å². The predicted octanol–water partition coefficient (Wildman–Crippen LogP) is 6.45. The predicted molar refractivity (Wildman–Crippen MR) is 125 cm³/mol. The number of carbonyl (C=O) groups excluding carboxylic acids is 1. The molecular formula is C26H36N2O. The molecule has 1 amide bonds. The number of nitrogens with one attached hydrogen (secondary N) is 1. The van der Waals surface area contributed by atoms with Crippen molar-refractivity contribution in [3.63, 3.8) is 0 Å². The summed E-state index contributed by atoms with van der Waals surface area (Å²) in [6.45, 7) is 4.34. The van der Waals surface area contributed by atoms with E-state index in [0.29, 0.717) is 5.57 Å². The van der Waals surface area contributed by atoms with Crippen LogP contribution in [0.5, 0.6) is 0 Å². The molecule has 0 aliphatic carbocycles. The monoisotopic (exact) mass is 392 g/mol. The molecule has 3 nitrogen and oxygen atoms in total. The van der Waals surface area contributed by atoms with Crippen LogP contribution in [0.1, 0.15) is 76.3 Å².